The number of thiazole rings is 1. The van der Waals surface area contributed by atoms with E-state index in [1.54, 1.807) is 7.11 Å². The first-order chi connectivity index (χ1) is 15.7. The van der Waals surface area contributed by atoms with E-state index < -0.39 is 34.9 Å². The molecule has 4 rings (SSSR count). The number of ether oxygens (including phenoxy) is 1. The van der Waals surface area contributed by atoms with Crippen LogP contribution in [0.25, 0.3) is 11.3 Å². The van der Waals surface area contributed by atoms with Crippen molar-refractivity contribution in [3.05, 3.63) is 68.1 Å². The number of nitro groups is 1. The molecular weight excluding hydrogens is 448 g/mol. The van der Waals surface area contributed by atoms with Crippen LogP contribution < -0.4 is 10.1 Å². The zero-order valence-corrected chi connectivity index (χ0v) is 18.7. The second kappa shape index (κ2) is 8.43. The Morgan fingerprint density at radius 2 is 1.97 bits per heavy atom. The van der Waals surface area contributed by atoms with Crippen LogP contribution in [0, 0.1) is 24.0 Å². The Kier molecular flexibility index (Phi) is 5.64. The molecule has 0 saturated heterocycles. The van der Waals surface area contributed by atoms with E-state index in [0.29, 0.717) is 15.7 Å². The van der Waals surface area contributed by atoms with Crippen LogP contribution in [0.1, 0.15) is 31.2 Å². The van der Waals surface area contributed by atoms with E-state index in [0.717, 1.165) is 27.8 Å². The minimum Gasteiger partial charge on any atom is -0.496 e. The fourth-order valence-electron chi connectivity index (χ4n) is 3.66. The molecular formula is C22H18N4O6S. The topological polar surface area (TPSA) is 132 Å². The summed E-state index contributed by atoms with van der Waals surface area (Å²) < 4.78 is 5.28. The molecule has 0 aliphatic carbocycles. The normalized spacial score (nSPS) is 12.6. The standard InChI is InChI=1S/C22H18N4O6S/c1-11-9-13(7-8-16(11)32-3)19-12(2)33-22(24-19)23-17(27)10-25-20(28)14-5-4-6-15(26(30)31)18(14)21(25)29/h4-9H,10H2,1-3H3,(H,23,24,27). The number of nitro benzene ring substituents is 1. The minimum atomic E-state index is -0.873. The van der Waals surface area contributed by atoms with Gasteiger partial charge in [-0.1, -0.05) is 6.07 Å². The number of hydrogen-bond donors (Lipinski definition) is 1. The van der Waals surface area contributed by atoms with E-state index in [1.165, 1.54) is 23.5 Å². The molecule has 0 unspecified atom stereocenters. The highest BCUT2D eigenvalue weighted by Gasteiger charge is 2.41. The number of rotatable bonds is 6. The summed E-state index contributed by atoms with van der Waals surface area (Å²) in [5.74, 6) is -1.51. The number of carbonyl (C=O) groups is 3. The smallest absolute Gasteiger partial charge is 0.282 e. The Bertz CT molecular complexity index is 1330. The molecule has 0 bridgehead atoms. The first-order valence-electron chi connectivity index (χ1n) is 9.77. The van der Waals surface area contributed by atoms with Gasteiger partial charge < -0.3 is 10.1 Å². The number of methoxy groups -OCH3 is 1. The lowest BCUT2D eigenvalue weighted by molar-refractivity contribution is -0.385. The molecule has 11 heteroatoms. The van der Waals surface area contributed by atoms with Crippen LogP contribution in [0.3, 0.4) is 0 Å². The van der Waals surface area contributed by atoms with Crippen LogP contribution in [0.5, 0.6) is 5.75 Å². The molecule has 0 spiro atoms. The second-order valence-electron chi connectivity index (χ2n) is 7.31. The van der Waals surface area contributed by atoms with Gasteiger partial charge >= 0.3 is 0 Å². The van der Waals surface area contributed by atoms with Crippen LogP contribution in [0.4, 0.5) is 10.8 Å². The summed E-state index contributed by atoms with van der Waals surface area (Å²) in [5.41, 5.74) is 1.62. The molecule has 0 atom stereocenters. The molecule has 0 fully saturated rings. The highest BCUT2D eigenvalue weighted by atomic mass is 32.1. The lowest BCUT2D eigenvalue weighted by atomic mass is 10.1. The van der Waals surface area contributed by atoms with Crippen molar-refractivity contribution < 1.29 is 24.0 Å². The number of nitrogens with one attached hydrogen (secondary N) is 1. The van der Waals surface area contributed by atoms with Crippen LogP contribution in [0.2, 0.25) is 0 Å². The average Bonchev–Trinajstić information content (AvgIpc) is 3.25. The van der Waals surface area contributed by atoms with Crippen LogP contribution in [0.15, 0.2) is 36.4 Å². The van der Waals surface area contributed by atoms with E-state index in [2.05, 4.69) is 10.3 Å². The van der Waals surface area contributed by atoms with Crippen molar-refractivity contribution in [3.63, 3.8) is 0 Å². The number of amides is 3. The molecule has 168 valence electrons. The van der Waals surface area contributed by atoms with Crippen LogP contribution >= 0.6 is 11.3 Å². The highest BCUT2D eigenvalue weighted by molar-refractivity contribution is 7.16. The van der Waals surface area contributed by atoms with E-state index >= 15 is 0 Å². The number of aromatic nitrogens is 1. The van der Waals surface area contributed by atoms with Crippen LogP contribution in [-0.4, -0.2) is 46.2 Å². The maximum absolute atomic E-state index is 12.6. The van der Waals surface area contributed by atoms with Crippen molar-refractivity contribution in [2.24, 2.45) is 0 Å². The Morgan fingerprint density at radius 3 is 2.64 bits per heavy atom. The number of anilines is 1. The first kappa shape index (κ1) is 22.1. The van der Waals surface area contributed by atoms with Gasteiger partial charge in [0.25, 0.3) is 17.5 Å². The van der Waals surface area contributed by atoms with Crippen molar-refractivity contribution in [2.75, 3.05) is 19.0 Å². The van der Waals surface area contributed by atoms with E-state index in [-0.39, 0.29) is 11.1 Å². The van der Waals surface area contributed by atoms with Crippen LogP contribution in [-0.2, 0) is 4.79 Å². The summed E-state index contributed by atoms with van der Waals surface area (Å²) in [5, 5.41) is 14.1. The average molecular weight is 466 g/mol. The SMILES string of the molecule is COc1ccc(-c2nc(NC(=O)CN3C(=O)c4cccc([N+](=O)[O-])c4C3=O)sc2C)cc1C. The summed E-state index contributed by atoms with van der Waals surface area (Å²) >= 11 is 1.25. The number of carbonyl (C=O) groups excluding carboxylic acids is 3. The zero-order chi connectivity index (χ0) is 23.9. The Labute approximate surface area is 192 Å². The van der Waals surface area contributed by atoms with E-state index in [4.69, 9.17) is 4.74 Å². The summed E-state index contributed by atoms with van der Waals surface area (Å²) in [6, 6.07) is 9.43. The molecule has 33 heavy (non-hydrogen) atoms. The molecule has 2 aromatic carbocycles. The van der Waals surface area contributed by atoms with Crippen molar-refractivity contribution in [3.8, 4) is 17.0 Å². The Balaban J connectivity index is 1.51. The third kappa shape index (κ3) is 3.94. The monoisotopic (exact) mass is 466 g/mol. The second-order valence-corrected chi connectivity index (χ2v) is 8.51. The fourth-order valence-corrected chi connectivity index (χ4v) is 4.51. The largest absolute Gasteiger partial charge is 0.496 e. The van der Waals surface area contributed by atoms with Gasteiger partial charge in [-0.25, -0.2) is 4.98 Å². The van der Waals surface area contributed by atoms with Gasteiger partial charge in [0.2, 0.25) is 5.91 Å². The molecule has 1 N–H and O–H groups in total. The Morgan fingerprint density at radius 1 is 1.21 bits per heavy atom. The number of hydrogen-bond acceptors (Lipinski definition) is 8. The predicted molar refractivity (Wildman–Crippen MR) is 121 cm³/mol. The quantitative estimate of drug-likeness (QED) is 0.334. The lowest BCUT2D eigenvalue weighted by Gasteiger charge is -2.12. The molecule has 1 aliphatic rings. The summed E-state index contributed by atoms with van der Waals surface area (Å²) in [7, 11) is 1.59. The highest BCUT2D eigenvalue weighted by Crippen LogP contribution is 2.33. The Hall–Kier alpha value is -4.12. The number of imide groups is 1. The first-order valence-corrected chi connectivity index (χ1v) is 10.6. The van der Waals surface area contributed by atoms with Gasteiger partial charge in [-0.2, -0.15) is 0 Å². The predicted octanol–water partition coefficient (Wildman–Crippen LogP) is 3.58. The van der Waals surface area contributed by atoms with Gasteiger partial charge in [0.15, 0.2) is 5.13 Å². The molecule has 3 amide bonds. The molecule has 10 nitrogen and oxygen atoms in total. The van der Waals surface area contributed by atoms with Crippen molar-refractivity contribution in [1.82, 2.24) is 9.88 Å². The summed E-state index contributed by atoms with van der Waals surface area (Å²) in [4.78, 5) is 54.3. The molecule has 0 radical (unpaired) electrons. The fraction of sp³-hybridized carbons (Fsp3) is 0.182. The number of benzene rings is 2. The van der Waals surface area contributed by atoms with Crippen molar-refractivity contribution >= 4 is 39.9 Å². The summed E-state index contributed by atoms with van der Waals surface area (Å²) in [6.07, 6.45) is 0. The maximum Gasteiger partial charge on any atom is 0.282 e. The van der Waals surface area contributed by atoms with E-state index in [9.17, 15) is 24.5 Å². The van der Waals surface area contributed by atoms with Gasteiger partial charge in [-0.05, 0) is 43.7 Å². The van der Waals surface area contributed by atoms with Gasteiger partial charge in [-0.15, -0.1) is 11.3 Å². The molecule has 1 aliphatic heterocycles. The van der Waals surface area contributed by atoms with Crippen molar-refractivity contribution in [2.45, 2.75) is 13.8 Å². The number of aryl methyl sites for hydroxylation is 2. The maximum atomic E-state index is 12.6. The molecule has 3 aromatic rings. The van der Waals surface area contributed by atoms with Gasteiger partial charge in [0.1, 0.15) is 17.9 Å². The zero-order valence-electron chi connectivity index (χ0n) is 17.9. The van der Waals surface area contributed by atoms with Gasteiger partial charge in [-0.3, -0.25) is 29.4 Å². The lowest BCUT2D eigenvalue weighted by Crippen LogP contribution is -2.37. The third-order valence-corrected chi connectivity index (χ3v) is 6.07. The van der Waals surface area contributed by atoms with Crippen molar-refractivity contribution in [1.29, 1.82) is 0 Å². The van der Waals surface area contributed by atoms with Gasteiger partial charge in [0.05, 0.1) is 23.3 Å². The number of fused-ring (bicyclic) bond motifs is 1. The minimum absolute atomic E-state index is 0.0933. The molecule has 0 saturated carbocycles. The number of nitrogens with zero attached hydrogens (tertiary/aromatic N) is 3. The summed E-state index contributed by atoms with van der Waals surface area (Å²) in [6.45, 7) is 3.20. The van der Waals surface area contributed by atoms with Gasteiger partial charge in [0, 0.05) is 16.5 Å². The van der Waals surface area contributed by atoms with E-state index in [1.807, 2.05) is 32.0 Å². The third-order valence-electron chi connectivity index (χ3n) is 5.19. The molecule has 1 aromatic heterocycles. The molecule has 2 heterocycles.